The molecule has 1 N–H and O–H groups in total. The SMILES string of the molecule is CCOC1CC(CC(=O)N2CCCC(C3CCCN3)C2)C1. The molecule has 3 fully saturated rings. The Balaban J connectivity index is 1.42. The lowest BCUT2D eigenvalue weighted by Gasteiger charge is -2.39. The Kier molecular flexibility index (Phi) is 5.17. The Bertz CT molecular complexity index is 349. The van der Waals surface area contributed by atoms with Crippen molar-refractivity contribution in [2.45, 2.75) is 64.0 Å². The number of piperidine rings is 1. The Labute approximate surface area is 128 Å². The number of nitrogens with one attached hydrogen (secondary N) is 1. The number of amides is 1. The lowest BCUT2D eigenvalue weighted by molar-refractivity contribution is -0.136. The van der Waals surface area contributed by atoms with Gasteiger partial charge in [0.05, 0.1) is 6.10 Å². The number of nitrogens with zero attached hydrogens (tertiary/aromatic N) is 1. The Morgan fingerprint density at radius 3 is 2.86 bits per heavy atom. The van der Waals surface area contributed by atoms with Gasteiger partial charge in [0, 0.05) is 32.2 Å². The highest BCUT2D eigenvalue weighted by molar-refractivity contribution is 5.76. The number of ether oxygens (including phenoxy) is 1. The van der Waals surface area contributed by atoms with Gasteiger partial charge < -0.3 is 15.0 Å². The molecular formula is C17H30N2O2. The van der Waals surface area contributed by atoms with Crippen molar-refractivity contribution in [1.29, 1.82) is 0 Å². The van der Waals surface area contributed by atoms with Gasteiger partial charge >= 0.3 is 0 Å². The molecule has 0 spiro atoms. The van der Waals surface area contributed by atoms with E-state index in [0.29, 0.717) is 29.9 Å². The summed E-state index contributed by atoms with van der Waals surface area (Å²) in [4.78, 5) is 14.6. The van der Waals surface area contributed by atoms with E-state index in [1.165, 1.54) is 25.7 Å². The summed E-state index contributed by atoms with van der Waals surface area (Å²) in [5.41, 5.74) is 0. The number of likely N-dealkylation sites (tertiary alicyclic amines) is 1. The molecule has 3 aliphatic rings. The Morgan fingerprint density at radius 1 is 1.29 bits per heavy atom. The van der Waals surface area contributed by atoms with Crippen molar-refractivity contribution in [3.63, 3.8) is 0 Å². The van der Waals surface area contributed by atoms with E-state index in [9.17, 15) is 4.79 Å². The summed E-state index contributed by atoms with van der Waals surface area (Å²) < 4.78 is 5.59. The molecule has 2 atom stereocenters. The highest BCUT2D eigenvalue weighted by Crippen LogP contribution is 2.34. The first-order chi connectivity index (χ1) is 10.3. The second-order valence-corrected chi connectivity index (χ2v) is 7.06. The van der Waals surface area contributed by atoms with Gasteiger partial charge in [-0.25, -0.2) is 0 Å². The van der Waals surface area contributed by atoms with E-state index in [1.54, 1.807) is 0 Å². The number of rotatable bonds is 5. The third kappa shape index (κ3) is 3.78. The van der Waals surface area contributed by atoms with Gasteiger partial charge in [-0.15, -0.1) is 0 Å². The molecule has 1 saturated carbocycles. The van der Waals surface area contributed by atoms with Gasteiger partial charge in [0.1, 0.15) is 0 Å². The fraction of sp³-hybridized carbons (Fsp3) is 0.941. The molecule has 2 saturated heterocycles. The van der Waals surface area contributed by atoms with E-state index in [0.717, 1.165) is 45.5 Å². The quantitative estimate of drug-likeness (QED) is 0.845. The van der Waals surface area contributed by atoms with Crippen molar-refractivity contribution >= 4 is 5.91 Å². The molecule has 1 amide bonds. The van der Waals surface area contributed by atoms with Crippen LogP contribution in [0.25, 0.3) is 0 Å². The van der Waals surface area contributed by atoms with Gasteiger partial charge in [-0.2, -0.15) is 0 Å². The monoisotopic (exact) mass is 294 g/mol. The third-order valence-electron chi connectivity index (χ3n) is 5.54. The summed E-state index contributed by atoms with van der Waals surface area (Å²) >= 11 is 0. The van der Waals surface area contributed by atoms with Crippen molar-refractivity contribution < 1.29 is 9.53 Å². The normalized spacial score (nSPS) is 36.5. The Hall–Kier alpha value is -0.610. The van der Waals surface area contributed by atoms with E-state index >= 15 is 0 Å². The first-order valence-electron chi connectivity index (χ1n) is 8.89. The lowest BCUT2D eigenvalue weighted by atomic mass is 9.79. The molecule has 0 aromatic heterocycles. The van der Waals surface area contributed by atoms with Crippen LogP contribution in [0.3, 0.4) is 0 Å². The highest BCUT2D eigenvalue weighted by atomic mass is 16.5. The summed E-state index contributed by atoms with van der Waals surface area (Å²) in [5, 5.41) is 3.61. The fourth-order valence-corrected chi connectivity index (χ4v) is 4.27. The van der Waals surface area contributed by atoms with E-state index in [1.807, 2.05) is 6.92 Å². The minimum atomic E-state index is 0.387. The van der Waals surface area contributed by atoms with Gasteiger partial charge in [0.25, 0.3) is 0 Å². The summed E-state index contributed by atoms with van der Waals surface area (Å²) in [6.45, 7) is 5.97. The maximum atomic E-state index is 12.5. The zero-order chi connectivity index (χ0) is 14.7. The Morgan fingerprint density at radius 2 is 2.14 bits per heavy atom. The van der Waals surface area contributed by atoms with Gasteiger partial charge in [0.2, 0.25) is 5.91 Å². The molecule has 0 radical (unpaired) electrons. The third-order valence-corrected chi connectivity index (χ3v) is 5.54. The van der Waals surface area contributed by atoms with Gasteiger partial charge in [-0.3, -0.25) is 4.79 Å². The van der Waals surface area contributed by atoms with Crippen LogP contribution in [0.1, 0.15) is 51.9 Å². The molecular weight excluding hydrogens is 264 g/mol. The molecule has 0 bridgehead atoms. The second kappa shape index (κ2) is 7.10. The van der Waals surface area contributed by atoms with Crippen LogP contribution in [-0.2, 0) is 9.53 Å². The zero-order valence-corrected chi connectivity index (χ0v) is 13.4. The average Bonchev–Trinajstić information content (AvgIpc) is 2.99. The summed E-state index contributed by atoms with van der Waals surface area (Å²) in [5.74, 6) is 1.64. The van der Waals surface area contributed by atoms with Gasteiger partial charge in [-0.05, 0) is 63.8 Å². The first kappa shape index (κ1) is 15.3. The molecule has 2 aliphatic heterocycles. The maximum absolute atomic E-state index is 12.5. The standard InChI is InChI=1S/C17H30N2O2/c1-2-21-15-9-13(10-15)11-17(20)19-8-4-5-14(12-19)16-6-3-7-18-16/h13-16,18H,2-12H2,1H3. The molecule has 2 unspecified atom stereocenters. The number of hydrogen-bond acceptors (Lipinski definition) is 3. The highest BCUT2D eigenvalue weighted by Gasteiger charge is 2.35. The zero-order valence-electron chi connectivity index (χ0n) is 13.4. The fourth-order valence-electron chi connectivity index (χ4n) is 4.27. The summed E-state index contributed by atoms with van der Waals surface area (Å²) in [6, 6.07) is 0.659. The summed E-state index contributed by atoms with van der Waals surface area (Å²) in [7, 11) is 0. The predicted octanol–water partition coefficient (Wildman–Crippen LogP) is 2.18. The van der Waals surface area contributed by atoms with Crippen molar-refractivity contribution in [3.8, 4) is 0 Å². The summed E-state index contributed by atoms with van der Waals surface area (Å²) in [6.07, 6.45) is 8.40. The van der Waals surface area contributed by atoms with E-state index in [2.05, 4.69) is 10.2 Å². The average molecular weight is 294 g/mol. The molecule has 1 aliphatic carbocycles. The minimum absolute atomic E-state index is 0.387. The van der Waals surface area contributed by atoms with Gasteiger partial charge in [0.15, 0.2) is 0 Å². The van der Waals surface area contributed by atoms with Crippen LogP contribution in [0.5, 0.6) is 0 Å². The molecule has 4 nitrogen and oxygen atoms in total. The first-order valence-corrected chi connectivity index (χ1v) is 8.89. The van der Waals surface area contributed by atoms with E-state index < -0.39 is 0 Å². The smallest absolute Gasteiger partial charge is 0.222 e. The molecule has 21 heavy (non-hydrogen) atoms. The second-order valence-electron chi connectivity index (χ2n) is 7.06. The molecule has 120 valence electrons. The van der Waals surface area contributed by atoms with Crippen LogP contribution in [0, 0.1) is 11.8 Å². The molecule has 0 aromatic rings. The van der Waals surface area contributed by atoms with Crippen LogP contribution in [0.15, 0.2) is 0 Å². The van der Waals surface area contributed by atoms with Crippen molar-refractivity contribution in [2.24, 2.45) is 11.8 Å². The molecule has 2 heterocycles. The van der Waals surface area contributed by atoms with Crippen molar-refractivity contribution in [1.82, 2.24) is 10.2 Å². The predicted molar refractivity (Wildman–Crippen MR) is 83.1 cm³/mol. The van der Waals surface area contributed by atoms with Crippen molar-refractivity contribution in [2.75, 3.05) is 26.2 Å². The van der Waals surface area contributed by atoms with Crippen molar-refractivity contribution in [3.05, 3.63) is 0 Å². The van der Waals surface area contributed by atoms with Gasteiger partial charge in [-0.1, -0.05) is 0 Å². The van der Waals surface area contributed by atoms with Crippen LogP contribution in [-0.4, -0.2) is 49.2 Å². The molecule has 3 rings (SSSR count). The van der Waals surface area contributed by atoms with Crippen LogP contribution < -0.4 is 5.32 Å². The van der Waals surface area contributed by atoms with Crippen LogP contribution in [0.4, 0.5) is 0 Å². The van der Waals surface area contributed by atoms with E-state index in [4.69, 9.17) is 4.74 Å². The molecule has 4 heteroatoms. The maximum Gasteiger partial charge on any atom is 0.222 e. The topological polar surface area (TPSA) is 41.6 Å². The number of carbonyl (C=O) groups is 1. The van der Waals surface area contributed by atoms with Crippen LogP contribution >= 0.6 is 0 Å². The van der Waals surface area contributed by atoms with E-state index in [-0.39, 0.29) is 0 Å². The lowest BCUT2D eigenvalue weighted by Crippen LogP contribution is -2.47. The minimum Gasteiger partial charge on any atom is -0.378 e. The largest absolute Gasteiger partial charge is 0.378 e. The molecule has 0 aromatic carbocycles. The number of carbonyl (C=O) groups excluding carboxylic acids is 1. The number of hydrogen-bond donors (Lipinski definition) is 1. The van der Waals surface area contributed by atoms with Crippen LogP contribution in [0.2, 0.25) is 0 Å².